The third-order valence-corrected chi connectivity index (χ3v) is 3.59. The number of nitrogens with zero attached hydrogens (tertiary/aromatic N) is 2. The topological polar surface area (TPSA) is 39.7 Å². The van der Waals surface area contributed by atoms with E-state index < -0.39 is 0 Å². The minimum Gasteiger partial charge on any atom is -0.357 e. The van der Waals surface area contributed by atoms with Gasteiger partial charge >= 0.3 is 0 Å². The summed E-state index contributed by atoms with van der Waals surface area (Å²) in [6.07, 6.45) is 3.82. The van der Waals surface area contributed by atoms with Crippen molar-refractivity contribution < 1.29 is 0 Å². The molecule has 1 saturated heterocycles. The average Bonchev–Trinajstić information content (AvgIpc) is 2.35. The Morgan fingerprint density at radius 3 is 2.70 bits per heavy atom. The van der Waals surface area contributed by atoms with Crippen molar-refractivity contribution in [1.29, 1.82) is 0 Å². The molecule has 1 unspecified atom stereocenters. The van der Waals surface area contributed by atoms with Crippen molar-refractivity contribution in [2.45, 2.75) is 40.0 Å². The molecule has 0 aromatic rings. The Labute approximate surface area is 142 Å². The molecule has 2 N–H and O–H groups in total. The van der Waals surface area contributed by atoms with Gasteiger partial charge in [-0.1, -0.05) is 13.8 Å². The fraction of sp³-hybridized carbons (Fsp3) is 0.933. The largest absolute Gasteiger partial charge is 0.357 e. The number of rotatable bonds is 6. The summed E-state index contributed by atoms with van der Waals surface area (Å²) in [4.78, 5) is 7.16. The first kappa shape index (κ1) is 20.0. The van der Waals surface area contributed by atoms with Crippen LogP contribution in [0.5, 0.6) is 0 Å². The molecular weight excluding hydrogens is 363 g/mol. The molecule has 0 radical (unpaired) electrons. The fourth-order valence-electron chi connectivity index (χ4n) is 2.46. The molecule has 1 heterocycles. The van der Waals surface area contributed by atoms with Gasteiger partial charge < -0.3 is 15.5 Å². The van der Waals surface area contributed by atoms with E-state index in [9.17, 15) is 0 Å². The molecule has 1 rings (SSSR count). The molecular formula is C15H33IN4. The smallest absolute Gasteiger partial charge is 0.191 e. The summed E-state index contributed by atoms with van der Waals surface area (Å²) in [7, 11) is 2.21. The lowest BCUT2D eigenvalue weighted by molar-refractivity contribution is 0.214. The van der Waals surface area contributed by atoms with E-state index in [-0.39, 0.29) is 24.0 Å². The van der Waals surface area contributed by atoms with Gasteiger partial charge in [0.05, 0.1) is 0 Å². The van der Waals surface area contributed by atoms with Gasteiger partial charge in [0.2, 0.25) is 0 Å². The summed E-state index contributed by atoms with van der Waals surface area (Å²) in [6, 6.07) is 0. The summed E-state index contributed by atoms with van der Waals surface area (Å²) in [5.74, 6) is 2.44. The molecule has 4 nitrogen and oxygen atoms in total. The monoisotopic (exact) mass is 396 g/mol. The SMILES string of the molecule is CCNC(=NCC1CCCN(C)C1)NCCC(C)C.I. The molecule has 1 fully saturated rings. The standard InChI is InChI=1S/C15H32N4.HI/c1-5-16-15(17-9-8-13(2)3)18-11-14-7-6-10-19(4)12-14;/h13-14H,5-12H2,1-4H3,(H2,16,17,18);1H. The Morgan fingerprint density at radius 2 is 2.10 bits per heavy atom. The molecule has 20 heavy (non-hydrogen) atoms. The molecule has 0 amide bonds. The summed E-state index contributed by atoms with van der Waals surface area (Å²) < 4.78 is 0. The van der Waals surface area contributed by atoms with E-state index in [1.165, 1.54) is 32.4 Å². The maximum atomic E-state index is 4.74. The number of nitrogens with one attached hydrogen (secondary N) is 2. The first-order valence-electron chi connectivity index (χ1n) is 7.82. The summed E-state index contributed by atoms with van der Waals surface area (Å²) in [5.41, 5.74) is 0. The van der Waals surface area contributed by atoms with Gasteiger partial charge in [-0.2, -0.15) is 0 Å². The van der Waals surface area contributed by atoms with Crippen molar-refractivity contribution in [3.8, 4) is 0 Å². The predicted octanol–water partition coefficient (Wildman–Crippen LogP) is 2.55. The fourth-order valence-corrected chi connectivity index (χ4v) is 2.46. The van der Waals surface area contributed by atoms with Crippen LogP contribution in [-0.4, -0.2) is 50.6 Å². The van der Waals surface area contributed by atoms with Gasteiger partial charge in [-0.05, 0) is 51.6 Å². The van der Waals surface area contributed by atoms with Crippen LogP contribution < -0.4 is 10.6 Å². The maximum absolute atomic E-state index is 4.74. The molecule has 1 aliphatic heterocycles. The Morgan fingerprint density at radius 1 is 1.35 bits per heavy atom. The lowest BCUT2D eigenvalue weighted by Crippen LogP contribution is -2.39. The third-order valence-electron chi connectivity index (χ3n) is 3.59. The number of likely N-dealkylation sites (tertiary alicyclic amines) is 1. The van der Waals surface area contributed by atoms with Gasteiger partial charge in [0.15, 0.2) is 5.96 Å². The Bertz CT molecular complexity index is 269. The van der Waals surface area contributed by atoms with Gasteiger partial charge in [0.1, 0.15) is 0 Å². The molecule has 120 valence electrons. The van der Waals surface area contributed by atoms with E-state index in [2.05, 4.69) is 43.4 Å². The van der Waals surface area contributed by atoms with E-state index in [1.807, 2.05) is 0 Å². The van der Waals surface area contributed by atoms with E-state index in [0.717, 1.165) is 37.4 Å². The molecule has 0 aliphatic carbocycles. The van der Waals surface area contributed by atoms with Crippen LogP contribution in [0.3, 0.4) is 0 Å². The Hall–Kier alpha value is -0.0400. The maximum Gasteiger partial charge on any atom is 0.191 e. The zero-order valence-corrected chi connectivity index (χ0v) is 15.9. The lowest BCUT2D eigenvalue weighted by atomic mass is 9.99. The number of guanidine groups is 1. The molecule has 0 aromatic carbocycles. The Kier molecular flexibility index (Phi) is 11.6. The van der Waals surface area contributed by atoms with Crippen LogP contribution in [0.1, 0.15) is 40.0 Å². The van der Waals surface area contributed by atoms with Crippen molar-refractivity contribution in [3.05, 3.63) is 0 Å². The molecule has 1 aliphatic rings. The highest BCUT2D eigenvalue weighted by Crippen LogP contribution is 2.14. The first-order chi connectivity index (χ1) is 9.11. The number of hydrogen-bond acceptors (Lipinski definition) is 2. The molecule has 0 saturated carbocycles. The van der Waals surface area contributed by atoms with Gasteiger partial charge in [-0.15, -0.1) is 24.0 Å². The number of aliphatic imine (C=N–C) groups is 1. The minimum absolute atomic E-state index is 0. The van der Waals surface area contributed by atoms with E-state index in [4.69, 9.17) is 4.99 Å². The summed E-state index contributed by atoms with van der Waals surface area (Å²) in [6.45, 7) is 11.9. The van der Waals surface area contributed by atoms with Gasteiger partial charge in [-0.3, -0.25) is 4.99 Å². The second-order valence-corrected chi connectivity index (χ2v) is 6.10. The predicted molar refractivity (Wildman–Crippen MR) is 99.1 cm³/mol. The molecule has 1 atom stereocenters. The van der Waals surface area contributed by atoms with Gasteiger partial charge in [0, 0.05) is 26.2 Å². The van der Waals surface area contributed by atoms with Crippen molar-refractivity contribution in [1.82, 2.24) is 15.5 Å². The van der Waals surface area contributed by atoms with Crippen LogP contribution in [0, 0.1) is 11.8 Å². The quantitative estimate of drug-likeness (QED) is 0.412. The minimum atomic E-state index is 0. The van der Waals surface area contributed by atoms with Crippen LogP contribution in [-0.2, 0) is 0 Å². The van der Waals surface area contributed by atoms with Gasteiger partial charge in [0.25, 0.3) is 0 Å². The van der Waals surface area contributed by atoms with Crippen LogP contribution in [0.2, 0.25) is 0 Å². The van der Waals surface area contributed by atoms with Crippen LogP contribution in [0.25, 0.3) is 0 Å². The van der Waals surface area contributed by atoms with Gasteiger partial charge in [-0.25, -0.2) is 0 Å². The first-order valence-corrected chi connectivity index (χ1v) is 7.82. The highest BCUT2D eigenvalue weighted by molar-refractivity contribution is 14.0. The number of piperidine rings is 1. The van der Waals surface area contributed by atoms with Crippen LogP contribution in [0.4, 0.5) is 0 Å². The normalized spacial score (nSPS) is 20.6. The van der Waals surface area contributed by atoms with Crippen molar-refractivity contribution in [2.24, 2.45) is 16.8 Å². The zero-order chi connectivity index (χ0) is 14.1. The van der Waals surface area contributed by atoms with E-state index >= 15 is 0 Å². The molecule has 0 spiro atoms. The second-order valence-electron chi connectivity index (χ2n) is 6.10. The lowest BCUT2D eigenvalue weighted by Gasteiger charge is -2.28. The number of hydrogen-bond donors (Lipinski definition) is 2. The van der Waals surface area contributed by atoms with Crippen LogP contribution in [0.15, 0.2) is 4.99 Å². The average molecular weight is 396 g/mol. The third kappa shape index (κ3) is 9.00. The zero-order valence-electron chi connectivity index (χ0n) is 13.6. The molecule has 0 bridgehead atoms. The highest BCUT2D eigenvalue weighted by atomic mass is 127. The van der Waals surface area contributed by atoms with Crippen LogP contribution >= 0.6 is 24.0 Å². The van der Waals surface area contributed by atoms with E-state index in [0.29, 0.717) is 0 Å². The summed E-state index contributed by atoms with van der Waals surface area (Å²) >= 11 is 0. The number of halogens is 1. The second kappa shape index (κ2) is 11.6. The van der Waals surface area contributed by atoms with E-state index in [1.54, 1.807) is 0 Å². The Balaban J connectivity index is 0.00000361. The highest BCUT2D eigenvalue weighted by Gasteiger charge is 2.16. The van der Waals surface area contributed by atoms with Crippen molar-refractivity contribution in [3.63, 3.8) is 0 Å². The molecule has 5 heteroatoms. The van der Waals surface area contributed by atoms with Crippen molar-refractivity contribution in [2.75, 3.05) is 39.8 Å². The molecule has 0 aromatic heterocycles. The van der Waals surface area contributed by atoms with Crippen molar-refractivity contribution >= 4 is 29.9 Å². The summed E-state index contributed by atoms with van der Waals surface area (Å²) in [5, 5.41) is 6.76.